The van der Waals surface area contributed by atoms with E-state index in [1.165, 1.54) is 10.4 Å². The SMILES string of the molecule is CCOc1ccc(C(C)N[C@@H](C)c2cccs2)cc1. The maximum atomic E-state index is 5.46. The van der Waals surface area contributed by atoms with E-state index in [0.29, 0.717) is 18.7 Å². The van der Waals surface area contributed by atoms with E-state index in [0.717, 1.165) is 5.75 Å². The summed E-state index contributed by atoms with van der Waals surface area (Å²) in [7, 11) is 0. The van der Waals surface area contributed by atoms with Gasteiger partial charge in [0, 0.05) is 17.0 Å². The number of nitrogens with one attached hydrogen (secondary N) is 1. The molecule has 1 unspecified atom stereocenters. The second-order valence-corrected chi connectivity index (χ2v) is 5.61. The van der Waals surface area contributed by atoms with Crippen LogP contribution in [0.5, 0.6) is 5.75 Å². The van der Waals surface area contributed by atoms with Crippen LogP contribution in [0.3, 0.4) is 0 Å². The van der Waals surface area contributed by atoms with Gasteiger partial charge in [0.25, 0.3) is 0 Å². The fourth-order valence-electron chi connectivity index (χ4n) is 2.11. The smallest absolute Gasteiger partial charge is 0.119 e. The number of benzene rings is 1. The topological polar surface area (TPSA) is 21.3 Å². The first-order chi connectivity index (χ1) is 9.20. The molecular weight excluding hydrogens is 254 g/mol. The Balaban J connectivity index is 1.97. The molecule has 19 heavy (non-hydrogen) atoms. The van der Waals surface area contributed by atoms with Crippen molar-refractivity contribution in [3.05, 3.63) is 52.2 Å². The van der Waals surface area contributed by atoms with Gasteiger partial charge in [-0.15, -0.1) is 11.3 Å². The number of thiophene rings is 1. The van der Waals surface area contributed by atoms with Crippen molar-refractivity contribution < 1.29 is 4.74 Å². The van der Waals surface area contributed by atoms with E-state index in [-0.39, 0.29) is 0 Å². The van der Waals surface area contributed by atoms with Crippen molar-refractivity contribution in [2.45, 2.75) is 32.9 Å². The molecular formula is C16H21NOS. The molecule has 2 aromatic rings. The average Bonchev–Trinajstić information content (AvgIpc) is 2.94. The zero-order chi connectivity index (χ0) is 13.7. The Morgan fingerprint density at radius 2 is 1.84 bits per heavy atom. The van der Waals surface area contributed by atoms with Crippen molar-refractivity contribution in [3.8, 4) is 5.75 Å². The minimum atomic E-state index is 0.327. The zero-order valence-electron chi connectivity index (χ0n) is 11.7. The largest absolute Gasteiger partial charge is 0.494 e. The molecule has 0 aliphatic rings. The normalized spacial score (nSPS) is 14.1. The van der Waals surface area contributed by atoms with Crippen molar-refractivity contribution in [2.24, 2.45) is 0 Å². The van der Waals surface area contributed by atoms with Crippen molar-refractivity contribution in [1.29, 1.82) is 0 Å². The van der Waals surface area contributed by atoms with Crippen LogP contribution in [-0.2, 0) is 0 Å². The quantitative estimate of drug-likeness (QED) is 0.834. The fraction of sp³-hybridized carbons (Fsp3) is 0.375. The molecule has 0 saturated carbocycles. The molecule has 1 aromatic carbocycles. The summed E-state index contributed by atoms with van der Waals surface area (Å²) in [6.07, 6.45) is 0. The lowest BCUT2D eigenvalue weighted by Gasteiger charge is -2.19. The molecule has 2 atom stereocenters. The van der Waals surface area contributed by atoms with Gasteiger partial charge in [0.15, 0.2) is 0 Å². The summed E-state index contributed by atoms with van der Waals surface area (Å²) in [6.45, 7) is 7.11. The molecule has 2 nitrogen and oxygen atoms in total. The second kappa shape index (κ2) is 6.73. The van der Waals surface area contributed by atoms with Crippen molar-refractivity contribution >= 4 is 11.3 Å². The third-order valence-corrected chi connectivity index (χ3v) is 4.22. The third kappa shape index (κ3) is 3.82. The van der Waals surface area contributed by atoms with Gasteiger partial charge in [-0.3, -0.25) is 0 Å². The summed E-state index contributed by atoms with van der Waals surface area (Å²) in [5.41, 5.74) is 1.28. The molecule has 1 N–H and O–H groups in total. The molecule has 0 aliphatic carbocycles. The van der Waals surface area contributed by atoms with Crippen LogP contribution in [-0.4, -0.2) is 6.61 Å². The van der Waals surface area contributed by atoms with Crippen LogP contribution in [0.25, 0.3) is 0 Å². The van der Waals surface area contributed by atoms with Crippen LogP contribution >= 0.6 is 11.3 Å². The Labute approximate surface area is 119 Å². The van der Waals surface area contributed by atoms with Crippen molar-refractivity contribution in [2.75, 3.05) is 6.61 Å². The predicted molar refractivity (Wildman–Crippen MR) is 81.9 cm³/mol. The number of hydrogen-bond acceptors (Lipinski definition) is 3. The van der Waals surface area contributed by atoms with Gasteiger partial charge in [0.05, 0.1) is 6.61 Å². The van der Waals surface area contributed by atoms with E-state index >= 15 is 0 Å². The Hall–Kier alpha value is -1.32. The molecule has 1 heterocycles. The van der Waals surface area contributed by atoms with Gasteiger partial charge in [0.1, 0.15) is 5.75 Å². The highest BCUT2D eigenvalue weighted by Crippen LogP contribution is 2.23. The summed E-state index contributed by atoms with van der Waals surface area (Å²) >= 11 is 1.79. The molecule has 0 radical (unpaired) electrons. The molecule has 0 saturated heterocycles. The van der Waals surface area contributed by atoms with Gasteiger partial charge in [-0.1, -0.05) is 18.2 Å². The van der Waals surface area contributed by atoms with Crippen LogP contribution in [0.1, 0.15) is 43.3 Å². The molecule has 102 valence electrons. The first kappa shape index (κ1) is 14.1. The highest BCUT2D eigenvalue weighted by Gasteiger charge is 2.11. The second-order valence-electron chi connectivity index (χ2n) is 4.63. The van der Waals surface area contributed by atoms with E-state index < -0.39 is 0 Å². The van der Waals surface area contributed by atoms with Gasteiger partial charge in [0.2, 0.25) is 0 Å². The molecule has 0 amide bonds. The lowest BCUT2D eigenvalue weighted by molar-refractivity contribution is 0.340. The van der Waals surface area contributed by atoms with Gasteiger partial charge in [-0.25, -0.2) is 0 Å². The van der Waals surface area contributed by atoms with Crippen LogP contribution in [0.4, 0.5) is 0 Å². The minimum Gasteiger partial charge on any atom is -0.494 e. The highest BCUT2D eigenvalue weighted by molar-refractivity contribution is 7.10. The van der Waals surface area contributed by atoms with Gasteiger partial charge < -0.3 is 10.1 Å². The van der Waals surface area contributed by atoms with Gasteiger partial charge in [-0.2, -0.15) is 0 Å². The lowest BCUT2D eigenvalue weighted by atomic mass is 10.1. The molecule has 0 fully saturated rings. The van der Waals surface area contributed by atoms with E-state index in [1.807, 2.05) is 19.1 Å². The van der Waals surface area contributed by atoms with Crippen LogP contribution in [0.2, 0.25) is 0 Å². The van der Waals surface area contributed by atoms with Crippen LogP contribution < -0.4 is 10.1 Å². The maximum absolute atomic E-state index is 5.46. The average molecular weight is 275 g/mol. The van der Waals surface area contributed by atoms with E-state index in [4.69, 9.17) is 4.74 Å². The summed E-state index contributed by atoms with van der Waals surface area (Å²) in [6, 6.07) is 13.3. The zero-order valence-corrected chi connectivity index (χ0v) is 12.5. The molecule has 2 rings (SSSR count). The van der Waals surface area contributed by atoms with Crippen molar-refractivity contribution in [3.63, 3.8) is 0 Å². The van der Waals surface area contributed by atoms with Gasteiger partial charge in [-0.05, 0) is 49.9 Å². The van der Waals surface area contributed by atoms with E-state index in [2.05, 4.69) is 48.8 Å². The maximum Gasteiger partial charge on any atom is 0.119 e. The lowest BCUT2D eigenvalue weighted by Crippen LogP contribution is -2.21. The highest BCUT2D eigenvalue weighted by atomic mass is 32.1. The Kier molecular flexibility index (Phi) is 5.00. The molecule has 1 aromatic heterocycles. The number of rotatable bonds is 6. The number of ether oxygens (including phenoxy) is 1. The summed E-state index contributed by atoms with van der Waals surface area (Å²) < 4.78 is 5.46. The van der Waals surface area contributed by atoms with E-state index in [1.54, 1.807) is 11.3 Å². The van der Waals surface area contributed by atoms with Gasteiger partial charge >= 0.3 is 0 Å². The standard InChI is InChI=1S/C16H21NOS/c1-4-18-15-9-7-14(8-10-15)12(2)17-13(3)16-6-5-11-19-16/h5-13,17H,4H2,1-3H3/t12?,13-/m0/s1. The third-order valence-electron chi connectivity index (χ3n) is 3.16. The summed E-state index contributed by atoms with van der Waals surface area (Å²) in [5, 5.41) is 5.74. The Morgan fingerprint density at radius 3 is 2.42 bits per heavy atom. The van der Waals surface area contributed by atoms with E-state index in [9.17, 15) is 0 Å². The molecule has 0 spiro atoms. The van der Waals surface area contributed by atoms with Crippen molar-refractivity contribution in [1.82, 2.24) is 5.32 Å². The fourth-order valence-corrected chi connectivity index (χ4v) is 2.85. The first-order valence-corrected chi connectivity index (χ1v) is 7.61. The monoisotopic (exact) mass is 275 g/mol. The Bertz CT molecular complexity index is 478. The molecule has 0 bridgehead atoms. The number of hydrogen-bond donors (Lipinski definition) is 1. The summed E-state index contributed by atoms with van der Waals surface area (Å²) in [5.74, 6) is 0.935. The predicted octanol–water partition coefficient (Wildman–Crippen LogP) is 4.56. The van der Waals surface area contributed by atoms with Crippen LogP contribution in [0.15, 0.2) is 41.8 Å². The Morgan fingerprint density at radius 1 is 1.11 bits per heavy atom. The molecule has 3 heteroatoms. The van der Waals surface area contributed by atoms with Crippen LogP contribution in [0, 0.1) is 0 Å². The first-order valence-electron chi connectivity index (χ1n) is 6.73. The minimum absolute atomic E-state index is 0.327. The molecule has 0 aliphatic heterocycles. The summed E-state index contributed by atoms with van der Waals surface area (Å²) in [4.78, 5) is 1.37.